The summed E-state index contributed by atoms with van der Waals surface area (Å²) in [5, 5.41) is 9.83. The van der Waals surface area contributed by atoms with Crippen LogP contribution in [0.4, 0.5) is 0 Å². The summed E-state index contributed by atoms with van der Waals surface area (Å²) in [7, 11) is 0. The Labute approximate surface area is 122 Å². The SMILES string of the molecule is Cc1ccc(C(O)=CC(=O)C(=O)Oc2ccccc2)cc1. The second kappa shape index (κ2) is 6.52. The molecule has 0 atom stereocenters. The van der Waals surface area contributed by atoms with Gasteiger partial charge in [0.2, 0.25) is 0 Å². The van der Waals surface area contributed by atoms with Crippen molar-refractivity contribution in [3.8, 4) is 5.75 Å². The number of hydrogen-bond acceptors (Lipinski definition) is 4. The molecule has 106 valence electrons. The molecule has 0 saturated carbocycles. The van der Waals surface area contributed by atoms with Crippen molar-refractivity contribution in [3.63, 3.8) is 0 Å². The number of aryl methyl sites for hydroxylation is 1. The van der Waals surface area contributed by atoms with Crippen LogP contribution in [0.15, 0.2) is 60.7 Å². The maximum Gasteiger partial charge on any atom is 0.384 e. The van der Waals surface area contributed by atoms with Crippen molar-refractivity contribution in [2.45, 2.75) is 6.92 Å². The number of para-hydroxylation sites is 1. The number of carbonyl (C=O) groups is 2. The maximum absolute atomic E-state index is 11.7. The van der Waals surface area contributed by atoms with Crippen LogP contribution in [0.2, 0.25) is 0 Å². The molecule has 0 heterocycles. The molecular weight excluding hydrogens is 268 g/mol. The summed E-state index contributed by atoms with van der Waals surface area (Å²) in [6, 6.07) is 15.2. The van der Waals surface area contributed by atoms with Crippen LogP contribution in [-0.2, 0) is 9.59 Å². The Morgan fingerprint density at radius 3 is 2.24 bits per heavy atom. The minimum absolute atomic E-state index is 0.273. The van der Waals surface area contributed by atoms with Crippen molar-refractivity contribution in [3.05, 3.63) is 71.8 Å². The smallest absolute Gasteiger partial charge is 0.384 e. The highest BCUT2D eigenvalue weighted by Gasteiger charge is 2.15. The van der Waals surface area contributed by atoms with E-state index in [4.69, 9.17) is 4.74 Å². The van der Waals surface area contributed by atoms with Crippen LogP contribution >= 0.6 is 0 Å². The van der Waals surface area contributed by atoms with E-state index < -0.39 is 11.8 Å². The van der Waals surface area contributed by atoms with Crippen LogP contribution < -0.4 is 4.74 Å². The molecule has 2 aromatic carbocycles. The van der Waals surface area contributed by atoms with Gasteiger partial charge in [-0.25, -0.2) is 4.79 Å². The van der Waals surface area contributed by atoms with E-state index in [-0.39, 0.29) is 11.5 Å². The normalized spacial score (nSPS) is 11.0. The molecule has 2 rings (SSSR count). The fourth-order valence-electron chi connectivity index (χ4n) is 1.64. The number of ether oxygens (including phenoxy) is 1. The van der Waals surface area contributed by atoms with Crippen LogP contribution in [0, 0.1) is 6.92 Å². The van der Waals surface area contributed by atoms with Crippen molar-refractivity contribution in [1.82, 2.24) is 0 Å². The zero-order valence-electron chi connectivity index (χ0n) is 11.4. The Bertz CT molecular complexity index is 670. The average molecular weight is 282 g/mol. The third-order valence-corrected chi connectivity index (χ3v) is 2.77. The molecule has 21 heavy (non-hydrogen) atoms. The number of aliphatic hydroxyl groups excluding tert-OH is 1. The zero-order valence-corrected chi connectivity index (χ0v) is 11.4. The molecule has 0 aliphatic rings. The lowest BCUT2D eigenvalue weighted by Gasteiger charge is -2.02. The first-order chi connectivity index (χ1) is 10.1. The van der Waals surface area contributed by atoms with E-state index in [1.54, 1.807) is 54.6 Å². The monoisotopic (exact) mass is 282 g/mol. The summed E-state index contributed by atoms with van der Waals surface area (Å²) in [6.07, 6.45) is 0.857. The van der Waals surface area contributed by atoms with Crippen LogP contribution in [0.5, 0.6) is 5.75 Å². The number of hydrogen-bond donors (Lipinski definition) is 1. The number of aliphatic hydroxyl groups is 1. The topological polar surface area (TPSA) is 63.6 Å². The highest BCUT2D eigenvalue weighted by atomic mass is 16.5. The van der Waals surface area contributed by atoms with Crippen molar-refractivity contribution < 1.29 is 19.4 Å². The van der Waals surface area contributed by atoms with E-state index in [0.717, 1.165) is 11.6 Å². The van der Waals surface area contributed by atoms with Gasteiger partial charge in [0.15, 0.2) is 0 Å². The average Bonchev–Trinajstić information content (AvgIpc) is 2.48. The summed E-state index contributed by atoms with van der Waals surface area (Å²) in [4.78, 5) is 23.3. The third-order valence-electron chi connectivity index (χ3n) is 2.77. The molecule has 0 spiro atoms. The van der Waals surface area contributed by atoms with Gasteiger partial charge in [-0.1, -0.05) is 48.0 Å². The molecule has 4 nitrogen and oxygen atoms in total. The second-order valence-corrected chi connectivity index (χ2v) is 4.46. The van der Waals surface area contributed by atoms with Gasteiger partial charge in [0.05, 0.1) is 0 Å². The number of rotatable bonds is 4. The summed E-state index contributed by atoms with van der Waals surface area (Å²) >= 11 is 0. The van der Waals surface area contributed by atoms with E-state index >= 15 is 0 Å². The molecule has 1 N–H and O–H groups in total. The Morgan fingerprint density at radius 1 is 1.00 bits per heavy atom. The van der Waals surface area contributed by atoms with Gasteiger partial charge in [-0.15, -0.1) is 0 Å². The van der Waals surface area contributed by atoms with E-state index in [0.29, 0.717) is 5.56 Å². The molecule has 0 saturated heterocycles. The fourth-order valence-corrected chi connectivity index (χ4v) is 1.64. The minimum atomic E-state index is -1.04. The Hall–Kier alpha value is -2.88. The maximum atomic E-state index is 11.7. The van der Waals surface area contributed by atoms with Crippen LogP contribution in [0.1, 0.15) is 11.1 Å². The van der Waals surface area contributed by atoms with Gasteiger partial charge in [-0.05, 0) is 19.1 Å². The van der Waals surface area contributed by atoms with Gasteiger partial charge >= 0.3 is 5.97 Å². The highest BCUT2D eigenvalue weighted by molar-refractivity contribution is 6.39. The van der Waals surface area contributed by atoms with Crippen molar-refractivity contribution >= 4 is 17.5 Å². The molecule has 0 radical (unpaired) electrons. The van der Waals surface area contributed by atoms with Crippen molar-refractivity contribution in [1.29, 1.82) is 0 Å². The summed E-state index contributed by atoms with van der Waals surface area (Å²) < 4.78 is 4.89. The first kappa shape index (κ1) is 14.5. The Morgan fingerprint density at radius 2 is 1.62 bits per heavy atom. The quantitative estimate of drug-likeness (QED) is 0.308. The molecule has 0 aliphatic carbocycles. The second-order valence-electron chi connectivity index (χ2n) is 4.46. The van der Waals surface area contributed by atoms with Crippen LogP contribution in [0.3, 0.4) is 0 Å². The molecule has 0 aliphatic heterocycles. The van der Waals surface area contributed by atoms with Crippen molar-refractivity contribution in [2.75, 3.05) is 0 Å². The van der Waals surface area contributed by atoms with Gasteiger partial charge in [0.25, 0.3) is 5.78 Å². The molecule has 0 aromatic heterocycles. The molecular formula is C17H14O4. The summed E-state index contributed by atoms with van der Waals surface area (Å²) in [6.45, 7) is 1.91. The number of ketones is 1. The lowest BCUT2D eigenvalue weighted by atomic mass is 10.1. The lowest BCUT2D eigenvalue weighted by molar-refractivity contribution is -0.144. The van der Waals surface area contributed by atoms with Gasteiger partial charge in [0.1, 0.15) is 11.5 Å². The Balaban J connectivity index is 2.07. The van der Waals surface area contributed by atoms with Gasteiger partial charge in [0, 0.05) is 11.6 Å². The molecule has 2 aromatic rings. The molecule has 0 amide bonds. The lowest BCUT2D eigenvalue weighted by Crippen LogP contribution is -2.18. The fraction of sp³-hybridized carbons (Fsp3) is 0.0588. The summed E-state index contributed by atoms with van der Waals surface area (Å²) in [5.74, 6) is -1.96. The number of esters is 1. The predicted molar refractivity (Wildman–Crippen MR) is 78.9 cm³/mol. The largest absolute Gasteiger partial charge is 0.507 e. The van der Waals surface area contributed by atoms with Gasteiger partial charge < -0.3 is 9.84 Å². The van der Waals surface area contributed by atoms with E-state index in [2.05, 4.69) is 0 Å². The van der Waals surface area contributed by atoms with Crippen molar-refractivity contribution in [2.24, 2.45) is 0 Å². The number of benzene rings is 2. The van der Waals surface area contributed by atoms with Crippen LogP contribution in [-0.4, -0.2) is 16.9 Å². The van der Waals surface area contributed by atoms with E-state index in [9.17, 15) is 14.7 Å². The summed E-state index contributed by atoms with van der Waals surface area (Å²) in [5.41, 5.74) is 1.49. The van der Waals surface area contributed by atoms with Crippen LogP contribution in [0.25, 0.3) is 5.76 Å². The standard InChI is InChI=1S/C17H14O4/c1-12-7-9-13(10-8-12)15(18)11-16(19)17(20)21-14-5-3-2-4-6-14/h2-11,18H,1H3. The minimum Gasteiger partial charge on any atom is -0.507 e. The first-order valence-electron chi connectivity index (χ1n) is 6.35. The van der Waals surface area contributed by atoms with Gasteiger partial charge in [-0.2, -0.15) is 0 Å². The third kappa shape index (κ3) is 4.04. The number of carbonyl (C=O) groups excluding carboxylic acids is 2. The molecule has 0 unspecified atom stereocenters. The van der Waals surface area contributed by atoms with E-state index in [1.807, 2.05) is 6.92 Å². The highest BCUT2D eigenvalue weighted by Crippen LogP contribution is 2.13. The Kier molecular flexibility index (Phi) is 4.51. The molecule has 0 bridgehead atoms. The van der Waals surface area contributed by atoms with Gasteiger partial charge in [-0.3, -0.25) is 4.79 Å². The van der Waals surface area contributed by atoms with E-state index in [1.165, 1.54) is 0 Å². The first-order valence-corrected chi connectivity index (χ1v) is 6.35. The molecule has 4 heteroatoms. The molecule has 0 fully saturated rings. The zero-order chi connectivity index (χ0) is 15.2. The predicted octanol–water partition coefficient (Wildman–Crippen LogP) is 3.07.